The number of rotatable bonds is 5. The van der Waals surface area contributed by atoms with Gasteiger partial charge in [0, 0.05) is 19.5 Å². The first kappa shape index (κ1) is 12.5. The SMILES string of the molecule is C=CCNC(N)=NCCc1ccc2c(c1)CCO2. The molecule has 0 aliphatic carbocycles. The minimum atomic E-state index is 0.472. The molecule has 4 heteroatoms. The summed E-state index contributed by atoms with van der Waals surface area (Å²) in [4.78, 5) is 4.25. The molecular weight excluding hydrogens is 226 g/mol. The van der Waals surface area contributed by atoms with Crippen LogP contribution < -0.4 is 15.8 Å². The van der Waals surface area contributed by atoms with Crippen LogP contribution in [0.15, 0.2) is 35.8 Å². The van der Waals surface area contributed by atoms with E-state index < -0.39 is 0 Å². The Bertz CT molecular complexity index is 454. The molecule has 0 aromatic heterocycles. The number of aliphatic imine (C=N–C) groups is 1. The van der Waals surface area contributed by atoms with Gasteiger partial charge in [0.05, 0.1) is 6.61 Å². The highest BCUT2D eigenvalue weighted by molar-refractivity contribution is 5.77. The van der Waals surface area contributed by atoms with Gasteiger partial charge in [0.1, 0.15) is 5.75 Å². The molecular formula is C14H19N3O. The molecule has 18 heavy (non-hydrogen) atoms. The highest BCUT2D eigenvalue weighted by Gasteiger charge is 2.11. The van der Waals surface area contributed by atoms with Crippen LogP contribution >= 0.6 is 0 Å². The van der Waals surface area contributed by atoms with Gasteiger partial charge in [-0.2, -0.15) is 0 Å². The van der Waals surface area contributed by atoms with Crippen LogP contribution in [0.5, 0.6) is 5.75 Å². The van der Waals surface area contributed by atoms with Crippen molar-refractivity contribution in [3.63, 3.8) is 0 Å². The smallest absolute Gasteiger partial charge is 0.188 e. The molecule has 1 aromatic carbocycles. The third kappa shape index (κ3) is 3.26. The van der Waals surface area contributed by atoms with Crippen LogP contribution in [0.4, 0.5) is 0 Å². The van der Waals surface area contributed by atoms with Crippen LogP contribution in [-0.2, 0) is 12.8 Å². The van der Waals surface area contributed by atoms with Gasteiger partial charge in [0.15, 0.2) is 5.96 Å². The van der Waals surface area contributed by atoms with Crippen molar-refractivity contribution in [1.82, 2.24) is 5.32 Å². The van der Waals surface area contributed by atoms with Crippen molar-refractivity contribution in [3.8, 4) is 5.75 Å². The zero-order valence-corrected chi connectivity index (χ0v) is 10.5. The van der Waals surface area contributed by atoms with Crippen molar-refractivity contribution in [2.24, 2.45) is 10.7 Å². The molecule has 96 valence electrons. The summed E-state index contributed by atoms with van der Waals surface area (Å²) in [5.74, 6) is 1.49. The van der Waals surface area contributed by atoms with Gasteiger partial charge in [0.25, 0.3) is 0 Å². The quantitative estimate of drug-likeness (QED) is 0.466. The lowest BCUT2D eigenvalue weighted by atomic mass is 10.1. The number of guanidine groups is 1. The van der Waals surface area contributed by atoms with E-state index in [1.807, 2.05) is 6.07 Å². The maximum absolute atomic E-state index is 5.69. The monoisotopic (exact) mass is 245 g/mol. The molecule has 0 atom stereocenters. The Balaban J connectivity index is 1.85. The lowest BCUT2D eigenvalue weighted by Gasteiger charge is -2.04. The molecule has 2 rings (SSSR count). The maximum atomic E-state index is 5.69. The maximum Gasteiger partial charge on any atom is 0.188 e. The molecule has 0 amide bonds. The summed E-state index contributed by atoms with van der Waals surface area (Å²) < 4.78 is 5.47. The van der Waals surface area contributed by atoms with Crippen LogP contribution in [-0.4, -0.2) is 25.7 Å². The first-order valence-electron chi connectivity index (χ1n) is 6.19. The molecule has 0 spiro atoms. The van der Waals surface area contributed by atoms with Crippen LogP contribution in [0.1, 0.15) is 11.1 Å². The standard InChI is InChI=1S/C14H19N3O/c1-2-7-16-14(15)17-8-5-11-3-4-13-12(10-11)6-9-18-13/h2-4,10H,1,5-9H2,(H3,15,16,17). The molecule has 3 N–H and O–H groups in total. The number of nitrogens with one attached hydrogen (secondary N) is 1. The van der Waals surface area contributed by atoms with Crippen molar-refractivity contribution in [2.45, 2.75) is 12.8 Å². The Labute approximate surface area is 108 Å². The minimum Gasteiger partial charge on any atom is -0.493 e. The van der Waals surface area contributed by atoms with Crippen LogP contribution in [0.3, 0.4) is 0 Å². The minimum absolute atomic E-state index is 0.472. The molecule has 1 aromatic rings. The molecule has 0 bridgehead atoms. The summed E-state index contributed by atoms with van der Waals surface area (Å²) >= 11 is 0. The zero-order chi connectivity index (χ0) is 12.8. The summed E-state index contributed by atoms with van der Waals surface area (Å²) in [6, 6.07) is 6.33. The molecule has 1 aliphatic rings. The van der Waals surface area contributed by atoms with Crippen molar-refractivity contribution < 1.29 is 4.74 Å². The number of nitrogens with zero attached hydrogens (tertiary/aromatic N) is 1. The average molecular weight is 245 g/mol. The molecule has 0 saturated carbocycles. The van der Waals surface area contributed by atoms with Gasteiger partial charge < -0.3 is 15.8 Å². The zero-order valence-electron chi connectivity index (χ0n) is 10.5. The highest BCUT2D eigenvalue weighted by Crippen LogP contribution is 2.25. The Morgan fingerprint density at radius 1 is 1.56 bits per heavy atom. The van der Waals surface area contributed by atoms with Gasteiger partial charge in [-0.3, -0.25) is 4.99 Å². The third-order valence-electron chi connectivity index (χ3n) is 2.86. The lowest BCUT2D eigenvalue weighted by Crippen LogP contribution is -2.31. The van der Waals surface area contributed by atoms with E-state index in [4.69, 9.17) is 10.5 Å². The molecule has 0 radical (unpaired) electrons. The van der Waals surface area contributed by atoms with Crippen molar-refractivity contribution >= 4 is 5.96 Å². The number of fused-ring (bicyclic) bond motifs is 1. The van der Waals surface area contributed by atoms with Crippen molar-refractivity contribution in [1.29, 1.82) is 0 Å². The summed E-state index contributed by atoms with van der Waals surface area (Å²) in [7, 11) is 0. The van der Waals surface area contributed by atoms with Gasteiger partial charge in [-0.15, -0.1) is 6.58 Å². The fourth-order valence-electron chi connectivity index (χ4n) is 1.93. The fourth-order valence-corrected chi connectivity index (χ4v) is 1.93. The summed E-state index contributed by atoms with van der Waals surface area (Å²) in [5, 5.41) is 2.95. The van der Waals surface area contributed by atoms with E-state index in [2.05, 4.69) is 29.0 Å². The predicted octanol–water partition coefficient (Wildman–Crippen LogP) is 1.25. The second-order valence-electron chi connectivity index (χ2n) is 4.23. The second kappa shape index (κ2) is 6.10. The average Bonchev–Trinajstić information content (AvgIpc) is 2.83. The van der Waals surface area contributed by atoms with Crippen molar-refractivity contribution in [3.05, 3.63) is 42.0 Å². The topological polar surface area (TPSA) is 59.6 Å². The van der Waals surface area contributed by atoms with Crippen LogP contribution in [0.25, 0.3) is 0 Å². The molecule has 1 heterocycles. The van der Waals surface area contributed by atoms with Gasteiger partial charge >= 0.3 is 0 Å². The number of ether oxygens (including phenoxy) is 1. The van der Waals surface area contributed by atoms with Crippen LogP contribution in [0.2, 0.25) is 0 Å². The highest BCUT2D eigenvalue weighted by atomic mass is 16.5. The Morgan fingerprint density at radius 3 is 3.28 bits per heavy atom. The Morgan fingerprint density at radius 2 is 2.44 bits per heavy atom. The van der Waals surface area contributed by atoms with E-state index in [-0.39, 0.29) is 0 Å². The van der Waals surface area contributed by atoms with Crippen LogP contribution in [0, 0.1) is 0 Å². The van der Waals surface area contributed by atoms with E-state index in [0.29, 0.717) is 19.0 Å². The van der Waals surface area contributed by atoms with E-state index >= 15 is 0 Å². The fraction of sp³-hybridized carbons (Fsp3) is 0.357. The molecule has 0 unspecified atom stereocenters. The molecule has 0 fully saturated rings. The largest absolute Gasteiger partial charge is 0.493 e. The van der Waals surface area contributed by atoms with E-state index in [1.165, 1.54) is 11.1 Å². The molecule has 0 saturated heterocycles. The number of hydrogen-bond donors (Lipinski definition) is 2. The third-order valence-corrected chi connectivity index (χ3v) is 2.86. The van der Waals surface area contributed by atoms with Gasteiger partial charge in [-0.05, 0) is 23.6 Å². The summed E-state index contributed by atoms with van der Waals surface area (Å²) in [6.07, 6.45) is 3.65. The van der Waals surface area contributed by atoms with Gasteiger partial charge in [-0.25, -0.2) is 0 Å². The first-order valence-corrected chi connectivity index (χ1v) is 6.19. The van der Waals surface area contributed by atoms with Gasteiger partial charge in [-0.1, -0.05) is 18.2 Å². The lowest BCUT2D eigenvalue weighted by molar-refractivity contribution is 0.357. The van der Waals surface area contributed by atoms with E-state index in [9.17, 15) is 0 Å². The molecule has 4 nitrogen and oxygen atoms in total. The normalized spacial score (nSPS) is 13.9. The van der Waals surface area contributed by atoms with E-state index in [1.54, 1.807) is 6.08 Å². The number of nitrogens with two attached hydrogens (primary N) is 1. The first-order chi connectivity index (χ1) is 8.79. The second-order valence-corrected chi connectivity index (χ2v) is 4.23. The number of benzene rings is 1. The molecule has 1 aliphatic heterocycles. The van der Waals surface area contributed by atoms with E-state index in [0.717, 1.165) is 25.2 Å². The number of hydrogen-bond acceptors (Lipinski definition) is 2. The Kier molecular flexibility index (Phi) is 4.23. The summed E-state index contributed by atoms with van der Waals surface area (Å²) in [5.41, 5.74) is 8.26. The van der Waals surface area contributed by atoms with Crippen molar-refractivity contribution in [2.75, 3.05) is 19.7 Å². The Hall–Kier alpha value is -1.97. The van der Waals surface area contributed by atoms with Gasteiger partial charge in [0.2, 0.25) is 0 Å². The predicted molar refractivity (Wildman–Crippen MR) is 74.0 cm³/mol. The summed E-state index contributed by atoms with van der Waals surface area (Å²) in [6.45, 7) is 5.74.